The standard InChI is InChI=1S/C19H12IN3O2S/c20-13-7-5-11(6-8-13)16-10-26-19(22-16)23-18(25)14-9-12-3-1-2-4-15(12)21-17(14)24/h1-10H,(H,21,24)(H,22,23,25). The average molecular weight is 473 g/mol. The molecule has 128 valence electrons. The number of amides is 1. The summed E-state index contributed by atoms with van der Waals surface area (Å²) in [6, 6.07) is 16.9. The van der Waals surface area contributed by atoms with Gasteiger partial charge in [-0.1, -0.05) is 30.3 Å². The fraction of sp³-hybridized carbons (Fsp3) is 0. The predicted molar refractivity (Wildman–Crippen MR) is 113 cm³/mol. The summed E-state index contributed by atoms with van der Waals surface area (Å²) in [6.07, 6.45) is 0. The van der Waals surface area contributed by atoms with Gasteiger partial charge in [-0.2, -0.15) is 0 Å². The van der Waals surface area contributed by atoms with Gasteiger partial charge in [-0.25, -0.2) is 4.98 Å². The number of rotatable bonds is 3. The third kappa shape index (κ3) is 3.40. The first-order chi connectivity index (χ1) is 12.6. The summed E-state index contributed by atoms with van der Waals surface area (Å²) >= 11 is 3.57. The highest BCUT2D eigenvalue weighted by Crippen LogP contribution is 2.25. The summed E-state index contributed by atoms with van der Waals surface area (Å²) in [5, 5.41) is 5.85. The molecule has 26 heavy (non-hydrogen) atoms. The first-order valence-electron chi connectivity index (χ1n) is 7.75. The van der Waals surface area contributed by atoms with Crippen molar-refractivity contribution in [3.05, 3.63) is 79.5 Å². The minimum Gasteiger partial charge on any atom is -0.321 e. The highest BCUT2D eigenvalue weighted by Gasteiger charge is 2.14. The van der Waals surface area contributed by atoms with Crippen LogP contribution >= 0.6 is 33.9 Å². The lowest BCUT2D eigenvalue weighted by atomic mass is 10.1. The van der Waals surface area contributed by atoms with E-state index in [1.807, 2.05) is 47.8 Å². The van der Waals surface area contributed by atoms with Crippen LogP contribution in [-0.4, -0.2) is 15.9 Å². The monoisotopic (exact) mass is 473 g/mol. The van der Waals surface area contributed by atoms with Crippen LogP contribution in [0.4, 0.5) is 5.13 Å². The zero-order valence-corrected chi connectivity index (χ0v) is 16.3. The molecule has 2 aromatic carbocycles. The molecule has 0 fully saturated rings. The third-order valence-corrected chi connectivity index (χ3v) is 5.34. The van der Waals surface area contributed by atoms with E-state index in [2.05, 4.69) is 37.9 Å². The van der Waals surface area contributed by atoms with Crippen LogP contribution in [0.1, 0.15) is 10.4 Å². The molecule has 7 heteroatoms. The molecule has 0 unspecified atom stereocenters. The fourth-order valence-corrected chi connectivity index (χ4v) is 3.64. The molecule has 0 aliphatic heterocycles. The molecule has 0 atom stereocenters. The van der Waals surface area contributed by atoms with Crippen LogP contribution < -0.4 is 10.9 Å². The number of carbonyl (C=O) groups excluding carboxylic acids is 1. The summed E-state index contributed by atoms with van der Waals surface area (Å²) in [7, 11) is 0. The molecular formula is C19H12IN3O2S. The molecule has 2 N–H and O–H groups in total. The van der Waals surface area contributed by atoms with Gasteiger partial charge in [0.25, 0.3) is 11.5 Å². The fourth-order valence-electron chi connectivity index (χ4n) is 2.56. The third-order valence-electron chi connectivity index (χ3n) is 3.86. The Morgan fingerprint density at radius 2 is 1.88 bits per heavy atom. The van der Waals surface area contributed by atoms with Gasteiger partial charge < -0.3 is 4.98 Å². The van der Waals surface area contributed by atoms with E-state index in [4.69, 9.17) is 0 Å². The van der Waals surface area contributed by atoms with Crippen LogP contribution in [0.25, 0.3) is 22.2 Å². The number of aromatic nitrogens is 2. The van der Waals surface area contributed by atoms with Crippen molar-refractivity contribution in [2.75, 3.05) is 5.32 Å². The van der Waals surface area contributed by atoms with Gasteiger partial charge >= 0.3 is 0 Å². The molecule has 2 aromatic heterocycles. The van der Waals surface area contributed by atoms with Crippen LogP contribution in [0, 0.1) is 3.57 Å². The van der Waals surface area contributed by atoms with E-state index < -0.39 is 11.5 Å². The van der Waals surface area contributed by atoms with Gasteiger partial charge in [0.05, 0.1) is 5.69 Å². The van der Waals surface area contributed by atoms with Gasteiger partial charge in [-0.3, -0.25) is 14.9 Å². The minimum atomic E-state index is -0.472. The van der Waals surface area contributed by atoms with Gasteiger partial charge in [0, 0.05) is 20.0 Å². The Bertz CT molecular complexity index is 1170. The largest absolute Gasteiger partial charge is 0.321 e. The van der Waals surface area contributed by atoms with Gasteiger partial charge in [-0.05, 0) is 52.2 Å². The number of hydrogen-bond acceptors (Lipinski definition) is 4. The van der Waals surface area contributed by atoms with Crippen molar-refractivity contribution in [3.8, 4) is 11.3 Å². The number of hydrogen-bond donors (Lipinski definition) is 2. The van der Waals surface area contributed by atoms with E-state index in [1.165, 1.54) is 11.3 Å². The number of benzene rings is 2. The molecule has 0 bridgehead atoms. The predicted octanol–water partition coefficient (Wildman–Crippen LogP) is 4.51. The van der Waals surface area contributed by atoms with Gasteiger partial charge in [0.1, 0.15) is 5.56 Å². The quantitative estimate of drug-likeness (QED) is 0.430. The van der Waals surface area contributed by atoms with Crippen molar-refractivity contribution in [2.24, 2.45) is 0 Å². The Morgan fingerprint density at radius 3 is 2.69 bits per heavy atom. The van der Waals surface area contributed by atoms with Crippen molar-refractivity contribution in [3.63, 3.8) is 0 Å². The topological polar surface area (TPSA) is 74.8 Å². The molecule has 0 aliphatic rings. The first kappa shape index (κ1) is 16.9. The Kier molecular flexibility index (Phi) is 4.56. The van der Waals surface area contributed by atoms with E-state index in [1.54, 1.807) is 12.1 Å². The van der Waals surface area contributed by atoms with Crippen LogP contribution in [0.5, 0.6) is 0 Å². The number of nitrogens with one attached hydrogen (secondary N) is 2. The molecule has 0 aliphatic carbocycles. The second-order valence-corrected chi connectivity index (χ2v) is 7.70. The molecule has 0 saturated carbocycles. The SMILES string of the molecule is O=C(Nc1nc(-c2ccc(I)cc2)cs1)c1cc2ccccc2[nH]c1=O. The summed E-state index contributed by atoms with van der Waals surface area (Å²) in [5.41, 5.74) is 2.11. The number of H-pyrrole nitrogens is 1. The van der Waals surface area contributed by atoms with Crippen molar-refractivity contribution in [2.45, 2.75) is 0 Å². The van der Waals surface area contributed by atoms with Crippen molar-refractivity contribution >= 4 is 55.9 Å². The molecule has 4 aromatic rings. The summed E-state index contributed by atoms with van der Waals surface area (Å²) in [6.45, 7) is 0. The highest BCUT2D eigenvalue weighted by molar-refractivity contribution is 14.1. The van der Waals surface area contributed by atoms with Crippen molar-refractivity contribution < 1.29 is 4.79 Å². The van der Waals surface area contributed by atoms with E-state index in [0.717, 1.165) is 20.2 Å². The van der Waals surface area contributed by atoms with E-state index in [-0.39, 0.29) is 5.56 Å². The summed E-state index contributed by atoms with van der Waals surface area (Å²) in [4.78, 5) is 31.9. The maximum Gasteiger partial charge on any atom is 0.263 e. The Morgan fingerprint density at radius 1 is 1.12 bits per heavy atom. The second-order valence-electron chi connectivity index (χ2n) is 5.60. The van der Waals surface area contributed by atoms with Gasteiger partial charge in [-0.15, -0.1) is 11.3 Å². The van der Waals surface area contributed by atoms with Crippen LogP contribution in [0.15, 0.2) is 64.8 Å². The first-order valence-corrected chi connectivity index (χ1v) is 9.71. The average Bonchev–Trinajstić information content (AvgIpc) is 3.10. The number of fused-ring (bicyclic) bond motifs is 1. The number of thiazole rings is 1. The van der Waals surface area contributed by atoms with Gasteiger partial charge in [0.15, 0.2) is 5.13 Å². The lowest BCUT2D eigenvalue weighted by molar-refractivity contribution is 0.102. The Balaban J connectivity index is 1.60. The molecule has 0 saturated heterocycles. The molecule has 5 nitrogen and oxygen atoms in total. The number of aromatic amines is 1. The number of nitrogens with zero attached hydrogens (tertiary/aromatic N) is 1. The molecule has 0 spiro atoms. The zero-order chi connectivity index (χ0) is 18.1. The molecule has 1 amide bonds. The van der Waals surface area contributed by atoms with Crippen LogP contribution in [-0.2, 0) is 0 Å². The highest BCUT2D eigenvalue weighted by atomic mass is 127. The van der Waals surface area contributed by atoms with Crippen LogP contribution in [0.3, 0.4) is 0 Å². The molecule has 0 radical (unpaired) electrons. The lowest BCUT2D eigenvalue weighted by Gasteiger charge is -2.03. The number of halogens is 1. The number of para-hydroxylation sites is 1. The lowest BCUT2D eigenvalue weighted by Crippen LogP contribution is -2.22. The minimum absolute atomic E-state index is 0.0646. The maximum atomic E-state index is 12.5. The van der Waals surface area contributed by atoms with Crippen molar-refractivity contribution in [1.82, 2.24) is 9.97 Å². The summed E-state index contributed by atoms with van der Waals surface area (Å²) < 4.78 is 1.14. The Hall–Kier alpha value is -2.52. The van der Waals surface area contributed by atoms with E-state index >= 15 is 0 Å². The van der Waals surface area contributed by atoms with Gasteiger partial charge in [0.2, 0.25) is 0 Å². The zero-order valence-electron chi connectivity index (χ0n) is 13.3. The number of carbonyl (C=O) groups is 1. The molecule has 4 rings (SSSR count). The molecule has 2 heterocycles. The van der Waals surface area contributed by atoms with Crippen LogP contribution in [0.2, 0.25) is 0 Å². The normalized spacial score (nSPS) is 10.8. The Labute approximate surface area is 166 Å². The van der Waals surface area contributed by atoms with E-state index in [0.29, 0.717) is 10.6 Å². The smallest absolute Gasteiger partial charge is 0.263 e. The van der Waals surface area contributed by atoms with Crippen molar-refractivity contribution in [1.29, 1.82) is 0 Å². The number of anilines is 1. The second kappa shape index (κ2) is 7.00. The molecular weight excluding hydrogens is 461 g/mol. The van der Waals surface area contributed by atoms with E-state index in [9.17, 15) is 9.59 Å². The maximum absolute atomic E-state index is 12.5. The number of pyridine rings is 1. The summed E-state index contributed by atoms with van der Waals surface area (Å²) in [5.74, 6) is -0.472.